The van der Waals surface area contributed by atoms with Crippen molar-refractivity contribution in [3.05, 3.63) is 68.8 Å². The van der Waals surface area contributed by atoms with Crippen molar-refractivity contribution < 1.29 is 14.5 Å². The SMILES string of the molecule is O=C1CC2=CC(=Cc3ccc([N+](=O)[O-])cc3)CC=C2C(=O)N1. The molecule has 110 valence electrons. The van der Waals surface area contributed by atoms with E-state index in [2.05, 4.69) is 5.32 Å². The highest BCUT2D eigenvalue weighted by molar-refractivity contribution is 6.12. The first-order valence-electron chi connectivity index (χ1n) is 6.73. The van der Waals surface area contributed by atoms with Gasteiger partial charge in [0.1, 0.15) is 0 Å². The molecule has 1 saturated heterocycles. The first-order chi connectivity index (χ1) is 10.5. The molecule has 3 rings (SSSR count). The number of nitrogens with zero attached hydrogens (tertiary/aromatic N) is 1. The van der Waals surface area contributed by atoms with Gasteiger partial charge in [-0.3, -0.25) is 25.0 Å². The molecule has 1 heterocycles. The predicted octanol–water partition coefficient (Wildman–Crippen LogP) is 2.28. The van der Waals surface area contributed by atoms with Crippen molar-refractivity contribution >= 4 is 23.6 Å². The number of nitro benzene ring substituents is 1. The van der Waals surface area contributed by atoms with Crippen molar-refractivity contribution in [3.63, 3.8) is 0 Å². The molecule has 0 unspecified atom stereocenters. The lowest BCUT2D eigenvalue weighted by Gasteiger charge is -2.21. The summed E-state index contributed by atoms with van der Waals surface area (Å²) in [6, 6.07) is 6.23. The Bertz CT molecular complexity index is 770. The van der Waals surface area contributed by atoms with Crippen LogP contribution in [0.3, 0.4) is 0 Å². The first kappa shape index (κ1) is 13.9. The average molecular weight is 296 g/mol. The molecular formula is C16H12N2O4. The zero-order valence-corrected chi connectivity index (χ0v) is 11.5. The monoisotopic (exact) mass is 296 g/mol. The van der Waals surface area contributed by atoms with Gasteiger partial charge < -0.3 is 0 Å². The molecule has 1 fully saturated rings. The van der Waals surface area contributed by atoms with Crippen LogP contribution in [0.1, 0.15) is 18.4 Å². The van der Waals surface area contributed by atoms with Gasteiger partial charge in [-0.25, -0.2) is 0 Å². The van der Waals surface area contributed by atoms with Crippen LogP contribution < -0.4 is 5.32 Å². The normalized spacial score (nSPS) is 19.2. The van der Waals surface area contributed by atoms with Crippen LogP contribution in [-0.2, 0) is 9.59 Å². The van der Waals surface area contributed by atoms with Gasteiger partial charge in [-0.1, -0.05) is 18.2 Å². The highest BCUT2D eigenvalue weighted by Gasteiger charge is 2.26. The van der Waals surface area contributed by atoms with Crippen LogP contribution in [0.4, 0.5) is 5.69 Å². The number of piperidine rings is 1. The Labute approximate surface area is 126 Å². The number of allylic oxidation sites excluding steroid dienone is 3. The van der Waals surface area contributed by atoms with Gasteiger partial charge in [-0.2, -0.15) is 0 Å². The molecule has 6 nitrogen and oxygen atoms in total. The number of carbonyl (C=O) groups is 2. The molecule has 2 aliphatic rings. The Morgan fingerprint density at radius 2 is 1.91 bits per heavy atom. The van der Waals surface area contributed by atoms with E-state index in [1.165, 1.54) is 12.1 Å². The Kier molecular flexibility index (Phi) is 3.42. The van der Waals surface area contributed by atoms with Crippen molar-refractivity contribution in [1.82, 2.24) is 5.32 Å². The Balaban J connectivity index is 1.86. The zero-order valence-electron chi connectivity index (χ0n) is 11.5. The number of carbonyl (C=O) groups excluding carboxylic acids is 2. The molecule has 0 aromatic heterocycles. The van der Waals surface area contributed by atoms with Crippen LogP contribution in [0.2, 0.25) is 0 Å². The molecule has 0 bridgehead atoms. The van der Waals surface area contributed by atoms with Crippen molar-refractivity contribution in [3.8, 4) is 0 Å². The number of nitro groups is 1. The number of non-ortho nitro benzene ring substituents is 1. The number of benzene rings is 1. The van der Waals surface area contributed by atoms with E-state index in [-0.39, 0.29) is 23.9 Å². The summed E-state index contributed by atoms with van der Waals surface area (Å²) < 4.78 is 0. The molecular weight excluding hydrogens is 284 g/mol. The number of amides is 2. The summed E-state index contributed by atoms with van der Waals surface area (Å²) in [5.41, 5.74) is 3.10. The lowest BCUT2D eigenvalue weighted by atomic mass is 9.88. The van der Waals surface area contributed by atoms with Gasteiger partial charge in [0.05, 0.1) is 11.3 Å². The molecule has 6 heteroatoms. The Morgan fingerprint density at radius 1 is 1.18 bits per heavy atom. The molecule has 0 atom stereocenters. The maximum absolute atomic E-state index is 11.7. The quantitative estimate of drug-likeness (QED) is 0.515. The van der Waals surface area contributed by atoms with Gasteiger partial charge in [-0.15, -0.1) is 0 Å². The number of nitrogens with one attached hydrogen (secondary N) is 1. The lowest BCUT2D eigenvalue weighted by molar-refractivity contribution is -0.384. The van der Waals surface area contributed by atoms with Gasteiger partial charge in [0, 0.05) is 17.7 Å². The summed E-state index contributed by atoms with van der Waals surface area (Å²) in [5, 5.41) is 12.9. The molecule has 1 aliphatic carbocycles. The number of imide groups is 1. The molecule has 22 heavy (non-hydrogen) atoms. The van der Waals surface area contributed by atoms with Crippen LogP contribution in [-0.4, -0.2) is 16.7 Å². The van der Waals surface area contributed by atoms with Crippen LogP contribution >= 0.6 is 0 Å². The van der Waals surface area contributed by atoms with E-state index in [1.54, 1.807) is 18.2 Å². The second kappa shape index (κ2) is 5.40. The summed E-state index contributed by atoms with van der Waals surface area (Å²) in [7, 11) is 0. The molecule has 1 aromatic carbocycles. The fraction of sp³-hybridized carbons (Fsp3) is 0.125. The maximum atomic E-state index is 11.7. The predicted molar refractivity (Wildman–Crippen MR) is 79.6 cm³/mol. The Morgan fingerprint density at radius 3 is 2.59 bits per heavy atom. The summed E-state index contributed by atoms with van der Waals surface area (Å²) in [6.45, 7) is 0. The van der Waals surface area contributed by atoms with E-state index >= 15 is 0 Å². The van der Waals surface area contributed by atoms with Gasteiger partial charge in [0.25, 0.3) is 11.6 Å². The van der Waals surface area contributed by atoms with Crippen LogP contribution in [0.15, 0.2) is 53.1 Å². The third kappa shape index (κ3) is 2.71. The molecule has 0 saturated carbocycles. The summed E-state index contributed by atoms with van der Waals surface area (Å²) in [4.78, 5) is 33.3. The van der Waals surface area contributed by atoms with Crippen LogP contribution in [0.5, 0.6) is 0 Å². The third-order valence-electron chi connectivity index (χ3n) is 3.55. The standard InChI is InChI=1S/C16H12N2O4/c19-15-9-12-8-11(3-6-14(12)16(20)17-15)7-10-1-4-13(5-2-10)18(21)22/h1-2,4-8H,3,9H2,(H,17,19,20). The number of fused-ring (bicyclic) bond motifs is 1. The lowest BCUT2D eigenvalue weighted by Crippen LogP contribution is -2.37. The molecule has 1 aliphatic heterocycles. The summed E-state index contributed by atoms with van der Waals surface area (Å²) in [6.07, 6.45) is 6.30. The molecule has 1 aromatic rings. The molecule has 1 N–H and O–H groups in total. The topological polar surface area (TPSA) is 89.3 Å². The zero-order chi connectivity index (χ0) is 15.7. The number of hydrogen-bond acceptors (Lipinski definition) is 4. The van der Waals surface area contributed by atoms with E-state index in [4.69, 9.17) is 0 Å². The molecule has 0 spiro atoms. The Hall–Kier alpha value is -3.02. The molecule has 0 radical (unpaired) electrons. The van der Waals surface area contributed by atoms with Gasteiger partial charge in [0.2, 0.25) is 5.91 Å². The van der Waals surface area contributed by atoms with Crippen LogP contribution in [0, 0.1) is 10.1 Å². The molecule has 2 amide bonds. The summed E-state index contributed by atoms with van der Waals surface area (Å²) in [5.74, 6) is -0.651. The van der Waals surface area contributed by atoms with Gasteiger partial charge in [-0.05, 0) is 35.3 Å². The van der Waals surface area contributed by atoms with E-state index in [9.17, 15) is 19.7 Å². The minimum absolute atomic E-state index is 0.0425. The average Bonchev–Trinajstić information content (AvgIpc) is 2.47. The number of hydrogen-bond donors (Lipinski definition) is 1. The highest BCUT2D eigenvalue weighted by atomic mass is 16.6. The van der Waals surface area contributed by atoms with E-state index < -0.39 is 4.92 Å². The summed E-state index contributed by atoms with van der Waals surface area (Å²) >= 11 is 0. The van der Waals surface area contributed by atoms with E-state index in [0.29, 0.717) is 17.6 Å². The minimum Gasteiger partial charge on any atom is -0.292 e. The van der Waals surface area contributed by atoms with Gasteiger partial charge in [0.15, 0.2) is 0 Å². The van der Waals surface area contributed by atoms with E-state index in [0.717, 1.165) is 11.1 Å². The third-order valence-corrected chi connectivity index (χ3v) is 3.55. The van der Waals surface area contributed by atoms with Crippen molar-refractivity contribution in [2.45, 2.75) is 12.8 Å². The second-order valence-corrected chi connectivity index (χ2v) is 5.11. The van der Waals surface area contributed by atoms with E-state index in [1.807, 2.05) is 12.2 Å². The smallest absolute Gasteiger partial charge is 0.269 e. The fourth-order valence-corrected chi connectivity index (χ4v) is 2.51. The second-order valence-electron chi connectivity index (χ2n) is 5.11. The van der Waals surface area contributed by atoms with Crippen LogP contribution in [0.25, 0.3) is 6.08 Å². The largest absolute Gasteiger partial charge is 0.292 e. The first-order valence-corrected chi connectivity index (χ1v) is 6.73. The van der Waals surface area contributed by atoms with Crippen molar-refractivity contribution in [2.75, 3.05) is 0 Å². The van der Waals surface area contributed by atoms with Crippen molar-refractivity contribution in [2.24, 2.45) is 0 Å². The minimum atomic E-state index is -0.444. The van der Waals surface area contributed by atoms with Gasteiger partial charge >= 0.3 is 0 Å². The number of rotatable bonds is 2. The highest BCUT2D eigenvalue weighted by Crippen LogP contribution is 2.29. The van der Waals surface area contributed by atoms with Crippen molar-refractivity contribution in [1.29, 1.82) is 0 Å². The fourth-order valence-electron chi connectivity index (χ4n) is 2.51. The maximum Gasteiger partial charge on any atom is 0.269 e.